The predicted octanol–water partition coefficient (Wildman–Crippen LogP) is 10.5. The van der Waals surface area contributed by atoms with Crippen LogP contribution in [0.3, 0.4) is 0 Å². The number of amides is 1. The van der Waals surface area contributed by atoms with Gasteiger partial charge in [0, 0.05) is 0 Å². The number of hydrogen-bond acceptors (Lipinski definition) is 5. The van der Waals surface area contributed by atoms with Crippen LogP contribution in [0.25, 0.3) is 0 Å². The molecule has 4 N–H and O–H groups in total. The minimum Gasteiger partial charge on any atom is -0.387 e. The van der Waals surface area contributed by atoms with Crippen molar-refractivity contribution in [3.63, 3.8) is 0 Å². The quantitative estimate of drug-likeness (QED) is 0.0295. The number of rotatable bonds is 35. The molecule has 0 aliphatic heterocycles. The van der Waals surface area contributed by atoms with Crippen LogP contribution in [0.4, 0.5) is 0 Å². The zero-order valence-electron chi connectivity index (χ0n) is 31.4. The molecule has 49 heavy (non-hydrogen) atoms. The highest BCUT2D eigenvalue weighted by Gasteiger charge is 2.27. The van der Waals surface area contributed by atoms with Gasteiger partial charge in [-0.05, 0) is 70.6 Å². The van der Waals surface area contributed by atoms with Crippen LogP contribution in [-0.2, 0) is 14.9 Å². The molecule has 8 heteroatoms. The zero-order chi connectivity index (χ0) is 36.3. The molecule has 1 amide bonds. The smallest absolute Gasteiger partial charge is 0.267 e. The number of hydrogen-bond donors (Lipinski definition) is 4. The molecule has 0 saturated carbocycles. The van der Waals surface area contributed by atoms with Crippen molar-refractivity contribution in [1.82, 2.24) is 5.32 Å². The number of aliphatic hydroxyl groups is 2. The molecule has 0 aromatic rings. The second kappa shape index (κ2) is 34.7. The van der Waals surface area contributed by atoms with E-state index in [-0.39, 0.29) is 6.42 Å². The third-order valence-electron chi connectivity index (χ3n) is 8.81. The molecule has 3 unspecified atom stereocenters. The van der Waals surface area contributed by atoms with Gasteiger partial charge in [0.15, 0.2) is 0 Å². The van der Waals surface area contributed by atoms with Crippen LogP contribution in [-0.4, -0.2) is 53.1 Å². The lowest BCUT2D eigenvalue weighted by atomic mass is 10.1. The molecular formula is C41H75NO6S. The maximum atomic E-state index is 12.6. The summed E-state index contributed by atoms with van der Waals surface area (Å²) in [6, 6.07) is -1.26. The standard InChI is InChI=1S/C41H75NO6S/c1-3-5-7-9-11-13-15-17-19-20-22-23-25-27-29-31-33-35-39(43)38(37-49(46,47)48)42-41(45)40(44)36-34-32-30-28-26-24-21-18-16-14-12-10-8-6-4-2/h19-21,24-25,27,33,35,38-40,43-44H,3-18,22-23,26,28-32,34,36-37H2,1-2H3,(H,42,45)(H,46,47,48)/b20-19+,24-21-,27-25+,35-33+. The number of nitrogens with one attached hydrogen (secondary N) is 1. The van der Waals surface area contributed by atoms with Crippen LogP contribution in [0.5, 0.6) is 0 Å². The fourth-order valence-electron chi connectivity index (χ4n) is 5.72. The minimum atomic E-state index is -4.46. The first kappa shape index (κ1) is 47.3. The van der Waals surface area contributed by atoms with Gasteiger partial charge in [-0.15, -0.1) is 0 Å². The third-order valence-corrected chi connectivity index (χ3v) is 9.59. The minimum absolute atomic E-state index is 0.256. The summed E-state index contributed by atoms with van der Waals surface area (Å²) in [6.45, 7) is 4.49. The van der Waals surface area contributed by atoms with Crippen molar-refractivity contribution in [2.75, 3.05) is 5.75 Å². The van der Waals surface area contributed by atoms with E-state index in [4.69, 9.17) is 0 Å². The number of allylic oxidation sites excluding steroid dienone is 7. The third kappa shape index (κ3) is 34.5. The number of carbonyl (C=O) groups excluding carboxylic acids is 1. The summed E-state index contributed by atoms with van der Waals surface area (Å²) in [5.74, 6) is -1.58. The summed E-state index contributed by atoms with van der Waals surface area (Å²) in [7, 11) is -4.46. The van der Waals surface area contributed by atoms with Gasteiger partial charge in [0.2, 0.25) is 5.91 Å². The van der Waals surface area contributed by atoms with Gasteiger partial charge >= 0.3 is 0 Å². The lowest BCUT2D eigenvalue weighted by Gasteiger charge is -2.22. The summed E-state index contributed by atoms with van der Waals surface area (Å²) >= 11 is 0. The highest BCUT2D eigenvalue weighted by Crippen LogP contribution is 2.12. The van der Waals surface area contributed by atoms with Gasteiger partial charge in [0.25, 0.3) is 10.1 Å². The Morgan fingerprint density at radius 2 is 0.918 bits per heavy atom. The summed E-state index contributed by atoms with van der Waals surface area (Å²) < 4.78 is 32.5. The molecule has 0 aromatic carbocycles. The SMILES string of the molecule is CCCCCCCCC/C=C\CCCCCCC(O)C(=O)NC(CS(=O)(=O)O)C(O)/C=C/CC/C=C/CC/C=C/CCCCCCCCC. The molecule has 0 rings (SSSR count). The van der Waals surface area contributed by atoms with Crippen molar-refractivity contribution in [2.24, 2.45) is 0 Å². The van der Waals surface area contributed by atoms with Crippen LogP contribution in [0.15, 0.2) is 48.6 Å². The average Bonchev–Trinajstić information content (AvgIpc) is 3.06. The zero-order valence-corrected chi connectivity index (χ0v) is 32.2. The van der Waals surface area contributed by atoms with Crippen LogP contribution < -0.4 is 5.32 Å². The van der Waals surface area contributed by atoms with Crippen LogP contribution in [0.2, 0.25) is 0 Å². The molecule has 0 saturated heterocycles. The molecule has 0 spiro atoms. The molecule has 0 heterocycles. The van der Waals surface area contributed by atoms with E-state index in [0.717, 1.165) is 57.8 Å². The Kier molecular flexibility index (Phi) is 33.5. The van der Waals surface area contributed by atoms with Gasteiger partial charge in [-0.2, -0.15) is 8.42 Å². The molecule has 0 radical (unpaired) electrons. The molecule has 3 atom stereocenters. The first-order valence-electron chi connectivity index (χ1n) is 19.9. The summed E-state index contributed by atoms with van der Waals surface area (Å²) in [4.78, 5) is 12.6. The fourth-order valence-corrected chi connectivity index (χ4v) is 6.45. The lowest BCUT2D eigenvalue weighted by molar-refractivity contribution is -0.130. The Balaban J connectivity index is 4.18. The van der Waals surface area contributed by atoms with E-state index in [9.17, 15) is 28.0 Å². The molecule has 7 nitrogen and oxygen atoms in total. The maximum absolute atomic E-state index is 12.6. The van der Waals surface area contributed by atoms with E-state index in [1.54, 1.807) is 6.08 Å². The van der Waals surface area contributed by atoms with Crippen molar-refractivity contribution >= 4 is 16.0 Å². The second-order valence-corrected chi connectivity index (χ2v) is 15.2. The highest BCUT2D eigenvalue weighted by atomic mass is 32.2. The first-order chi connectivity index (χ1) is 23.7. The Morgan fingerprint density at radius 1 is 0.551 bits per heavy atom. The van der Waals surface area contributed by atoms with Gasteiger partial charge in [-0.25, -0.2) is 0 Å². The normalized spacial score (nSPS) is 14.5. The second-order valence-electron chi connectivity index (χ2n) is 13.7. The predicted molar refractivity (Wildman–Crippen MR) is 208 cm³/mol. The van der Waals surface area contributed by atoms with Crippen LogP contribution >= 0.6 is 0 Å². The maximum Gasteiger partial charge on any atom is 0.267 e. The summed E-state index contributed by atoms with van der Waals surface area (Å²) in [5.41, 5.74) is 0. The summed E-state index contributed by atoms with van der Waals surface area (Å²) in [5, 5.41) is 23.3. The van der Waals surface area contributed by atoms with Crippen molar-refractivity contribution in [3.8, 4) is 0 Å². The average molecular weight is 710 g/mol. The molecule has 0 bridgehead atoms. The number of aliphatic hydroxyl groups excluding tert-OH is 2. The van der Waals surface area contributed by atoms with Crippen LogP contribution in [0, 0.1) is 0 Å². The Hall–Kier alpha value is -1.74. The number of unbranched alkanes of at least 4 members (excludes halogenated alkanes) is 20. The Bertz CT molecular complexity index is 974. The van der Waals surface area contributed by atoms with E-state index in [0.29, 0.717) is 12.8 Å². The molecule has 0 aromatic heterocycles. The van der Waals surface area contributed by atoms with Crippen molar-refractivity contribution < 1.29 is 28.0 Å². The highest BCUT2D eigenvalue weighted by molar-refractivity contribution is 7.85. The van der Waals surface area contributed by atoms with Crippen molar-refractivity contribution in [3.05, 3.63) is 48.6 Å². The van der Waals surface area contributed by atoms with Gasteiger partial charge in [-0.3, -0.25) is 9.35 Å². The van der Waals surface area contributed by atoms with Gasteiger partial charge in [0.1, 0.15) is 6.10 Å². The monoisotopic (exact) mass is 710 g/mol. The van der Waals surface area contributed by atoms with Crippen molar-refractivity contribution in [1.29, 1.82) is 0 Å². The molecule has 0 aliphatic carbocycles. The lowest BCUT2D eigenvalue weighted by Crippen LogP contribution is -2.50. The molecular weight excluding hydrogens is 635 g/mol. The Labute approximate surface area is 302 Å². The van der Waals surface area contributed by atoms with E-state index in [1.165, 1.54) is 96.0 Å². The van der Waals surface area contributed by atoms with Crippen LogP contribution in [0.1, 0.15) is 181 Å². The summed E-state index contributed by atoms with van der Waals surface area (Å²) in [6.07, 6.45) is 43.1. The molecule has 286 valence electrons. The van der Waals surface area contributed by atoms with Crippen molar-refractivity contribution in [2.45, 2.75) is 199 Å². The fraction of sp³-hybridized carbons (Fsp3) is 0.780. The van der Waals surface area contributed by atoms with E-state index < -0.39 is 40.0 Å². The Morgan fingerprint density at radius 3 is 1.35 bits per heavy atom. The largest absolute Gasteiger partial charge is 0.387 e. The van der Waals surface area contributed by atoms with Gasteiger partial charge in [-0.1, -0.05) is 159 Å². The van der Waals surface area contributed by atoms with Gasteiger partial charge in [0.05, 0.1) is 17.9 Å². The van der Waals surface area contributed by atoms with E-state index in [2.05, 4.69) is 55.6 Å². The number of carbonyl (C=O) groups is 1. The topological polar surface area (TPSA) is 124 Å². The molecule has 0 aliphatic rings. The first-order valence-corrected chi connectivity index (χ1v) is 21.6. The van der Waals surface area contributed by atoms with E-state index >= 15 is 0 Å². The molecule has 0 fully saturated rings. The van der Waals surface area contributed by atoms with Gasteiger partial charge < -0.3 is 15.5 Å². The van der Waals surface area contributed by atoms with E-state index in [1.807, 2.05) is 0 Å².